The standard InChI is InChI=1S/C9H13N2O2P/c1-6-10-9(11-13-6)14(12,7-2-3-7)8-4-5-8/h7-8H,2-5H2,1H3. The van der Waals surface area contributed by atoms with E-state index in [0.717, 1.165) is 25.7 Å². The number of hydrogen-bond donors (Lipinski definition) is 0. The van der Waals surface area contributed by atoms with Gasteiger partial charge < -0.3 is 9.09 Å². The Bertz CT molecular complexity index is 391. The van der Waals surface area contributed by atoms with Crippen LogP contribution in [-0.2, 0) is 4.57 Å². The predicted molar refractivity (Wildman–Crippen MR) is 52.3 cm³/mol. The third-order valence-corrected chi connectivity index (χ3v) is 7.02. The molecule has 0 spiro atoms. The molecule has 0 atom stereocenters. The van der Waals surface area contributed by atoms with Crippen LogP contribution in [-0.4, -0.2) is 21.5 Å². The van der Waals surface area contributed by atoms with Crippen LogP contribution in [0, 0.1) is 6.92 Å². The molecular weight excluding hydrogens is 199 g/mol. The first-order chi connectivity index (χ1) is 6.71. The molecule has 0 bridgehead atoms. The molecule has 1 heterocycles. The quantitative estimate of drug-likeness (QED) is 0.715. The summed E-state index contributed by atoms with van der Waals surface area (Å²) >= 11 is 0. The lowest BCUT2D eigenvalue weighted by Crippen LogP contribution is -2.16. The van der Waals surface area contributed by atoms with Crippen molar-refractivity contribution in [2.24, 2.45) is 0 Å². The largest absolute Gasteiger partial charge is 0.339 e. The van der Waals surface area contributed by atoms with Crippen LogP contribution in [0.2, 0.25) is 0 Å². The van der Waals surface area contributed by atoms with Crippen LogP contribution in [0.25, 0.3) is 0 Å². The van der Waals surface area contributed by atoms with Gasteiger partial charge in [0.2, 0.25) is 11.5 Å². The fourth-order valence-corrected chi connectivity index (χ4v) is 5.52. The molecule has 0 radical (unpaired) electrons. The molecule has 0 N–H and O–H groups in total. The molecule has 5 heteroatoms. The van der Waals surface area contributed by atoms with Crippen molar-refractivity contribution in [3.63, 3.8) is 0 Å². The molecule has 0 unspecified atom stereocenters. The van der Waals surface area contributed by atoms with Gasteiger partial charge in [0.25, 0.3) is 0 Å². The lowest BCUT2D eigenvalue weighted by molar-refractivity contribution is 0.395. The van der Waals surface area contributed by atoms with E-state index in [2.05, 4.69) is 10.1 Å². The second-order valence-corrected chi connectivity index (χ2v) is 7.56. The highest BCUT2D eigenvalue weighted by Gasteiger charge is 2.54. The molecule has 76 valence electrons. The lowest BCUT2D eigenvalue weighted by Gasteiger charge is -2.11. The zero-order valence-electron chi connectivity index (χ0n) is 8.14. The van der Waals surface area contributed by atoms with E-state index in [1.165, 1.54) is 0 Å². The molecule has 1 aromatic heterocycles. The van der Waals surface area contributed by atoms with E-state index in [1.54, 1.807) is 6.92 Å². The van der Waals surface area contributed by atoms with E-state index < -0.39 is 7.14 Å². The zero-order chi connectivity index (χ0) is 9.76. The smallest absolute Gasteiger partial charge is 0.231 e. The number of rotatable bonds is 3. The number of hydrogen-bond acceptors (Lipinski definition) is 4. The van der Waals surface area contributed by atoms with Gasteiger partial charge in [0.1, 0.15) is 0 Å². The molecule has 4 nitrogen and oxygen atoms in total. The lowest BCUT2D eigenvalue weighted by atomic mass is 10.8. The molecule has 2 fully saturated rings. The van der Waals surface area contributed by atoms with E-state index >= 15 is 0 Å². The van der Waals surface area contributed by atoms with Gasteiger partial charge in [0.15, 0.2) is 7.14 Å². The Hall–Kier alpha value is -0.630. The van der Waals surface area contributed by atoms with Gasteiger partial charge in [0, 0.05) is 18.2 Å². The summed E-state index contributed by atoms with van der Waals surface area (Å²) in [6.07, 6.45) is 4.34. The van der Waals surface area contributed by atoms with Gasteiger partial charge in [-0.05, 0) is 25.7 Å². The molecule has 1 aromatic rings. The first-order valence-corrected chi connectivity index (χ1v) is 6.96. The molecule has 2 aliphatic carbocycles. The maximum absolute atomic E-state index is 12.8. The van der Waals surface area contributed by atoms with Crippen LogP contribution < -0.4 is 5.57 Å². The van der Waals surface area contributed by atoms with Crippen molar-refractivity contribution in [2.75, 3.05) is 0 Å². The van der Waals surface area contributed by atoms with E-state index in [-0.39, 0.29) is 0 Å². The van der Waals surface area contributed by atoms with E-state index in [4.69, 9.17) is 4.52 Å². The van der Waals surface area contributed by atoms with E-state index in [1.807, 2.05) is 0 Å². The monoisotopic (exact) mass is 212 g/mol. The summed E-state index contributed by atoms with van der Waals surface area (Å²) in [5, 5.41) is 3.86. The van der Waals surface area contributed by atoms with Gasteiger partial charge >= 0.3 is 0 Å². The highest BCUT2D eigenvalue weighted by Crippen LogP contribution is 2.68. The summed E-state index contributed by atoms with van der Waals surface area (Å²) < 4.78 is 17.7. The average molecular weight is 212 g/mol. The first-order valence-electron chi connectivity index (χ1n) is 5.11. The van der Waals surface area contributed by atoms with E-state index in [9.17, 15) is 4.57 Å². The number of nitrogens with zero attached hydrogens (tertiary/aromatic N) is 2. The molecule has 14 heavy (non-hydrogen) atoms. The van der Waals surface area contributed by atoms with Gasteiger partial charge in [-0.3, -0.25) is 0 Å². The van der Waals surface area contributed by atoms with Gasteiger partial charge in [-0.15, -0.1) is 0 Å². The van der Waals surface area contributed by atoms with Crippen molar-refractivity contribution < 1.29 is 9.09 Å². The Balaban J connectivity index is 2.02. The number of aryl methyl sites for hydroxylation is 1. The maximum Gasteiger partial charge on any atom is 0.231 e. The summed E-state index contributed by atoms with van der Waals surface area (Å²) in [4.78, 5) is 4.16. The molecular formula is C9H13N2O2P. The summed E-state index contributed by atoms with van der Waals surface area (Å²) in [6.45, 7) is 1.75. The minimum absolute atomic E-state index is 0.368. The fraction of sp³-hybridized carbons (Fsp3) is 0.778. The van der Waals surface area contributed by atoms with E-state index in [0.29, 0.717) is 22.8 Å². The first kappa shape index (κ1) is 8.66. The van der Waals surface area contributed by atoms with Crippen molar-refractivity contribution in [1.29, 1.82) is 0 Å². The summed E-state index contributed by atoms with van der Waals surface area (Å²) in [7, 11) is -2.29. The van der Waals surface area contributed by atoms with Crippen molar-refractivity contribution >= 4 is 12.7 Å². The highest BCUT2D eigenvalue weighted by atomic mass is 31.2. The number of aromatic nitrogens is 2. The van der Waals surface area contributed by atoms with Crippen LogP contribution in [0.5, 0.6) is 0 Å². The van der Waals surface area contributed by atoms with Crippen LogP contribution in [0.15, 0.2) is 4.52 Å². The van der Waals surface area contributed by atoms with Crippen molar-refractivity contribution in [3.8, 4) is 0 Å². The summed E-state index contributed by atoms with van der Waals surface area (Å²) in [5.74, 6) is 0.529. The molecule has 0 saturated heterocycles. The zero-order valence-corrected chi connectivity index (χ0v) is 9.04. The Morgan fingerprint density at radius 1 is 1.29 bits per heavy atom. The Labute approximate surface area is 82.4 Å². The molecule has 3 rings (SSSR count). The van der Waals surface area contributed by atoms with Crippen molar-refractivity contribution in [2.45, 2.75) is 43.9 Å². The predicted octanol–water partition coefficient (Wildman–Crippen LogP) is 1.69. The van der Waals surface area contributed by atoms with Gasteiger partial charge in [-0.25, -0.2) is 0 Å². The van der Waals surface area contributed by atoms with Gasteiger partial charge in [-0.1, -0.05) is 5.16 Å². The molecule has 0 amide bonds. The Morgan fingerprint density at radius 3 is 2.21 bits per heavy atom. The normalized spacial score (nSPS) is 22.6. The highest BCUT2D eigenvalue weighted by molar-refractivity contribution is 7.73. The van der Waals surface area contributed by atoms with Crippen LogP contribution in [0.3, 0.4) is 0 Å². The van der Waals surface area contributed by atoms with Crippen molar-refractivity contribution in [1.82, 2.24) is 10.1 Å². The maximum atomic E-state index is 12.8. The van der Waals surface area contributed by atoms with Crippen LogP contribution in [0.4, 0.5) is 0 Å². The van der Waals surface area contributed by atoms with Gasteiger partial charge in [0.05, 0.1) is 0 Å². The fourth-order valence-electron chi connectivity index (χ4n) is 1.97. The molecule has 2 saturated carbocycles. The minimum Gasteiger partial charge on any atom is -0.339 e. The molecule has 0 aromatic carbocycles. The Kier molecular flexibility index (Phi) is 1.67. The second kappa shape index (κ2) is 2.69. The SMILES string of the molecule is Cc1nc(P(=O)(C2CC2)C2CC2)no1. The topological polar surface area (TPSA) is 56.0 Å². The van der Waals surface area contributed by atoms with Crippen molar-refractivity contribution in [3.05, 3.63) is 5.89 Å². The third kappa shape index (κ3) is 1.17. The Morgan fingerprint density at radius 2 is 1.86 bits per heavy atom. The van der Waals surface area contributed by atoms with Crippen LogP contribution >= 0.6 is 7.14 Å². The summed E-state index contributed by atoms with van der Waals surface area (Å²) in [5.41, 5.74) is 1.25. The third-order valence-electron chi connectivity index (χ3n) is 3.01. The summed E-state index contributed by atoms with van der Waals surface area (Å²) in [6, 6.07) is 0. The average Bonchev–Trinajstić information content (AvgIpc) is 3.01. The molecule has 2 aliphatic rings. The van der Waals surface area contributed by atoms with Gasteiger partial charge in [-0.2, -0.15) is 4.98 Å². The second-order valence-electron chi connectivity index (χ2n) is 4.29. The minimum atomic E-state index is -2.29. The molecule has 0 aliphatic heterocycles. The van der Waals surface area contributed by atoms with Crippen LogP contribution in [0.1, 0.15) is 31.6 Å².